The van der Waals surface area contributed by atoms with Crippen LogP contribution in [0, 0.1) is 0 Å². The van der Waals surface area contributed by atoms with E-state index >= 15 is 0 Å². The molecule has 0 amide bonds. The zero-order chi connectivity index (χ0) is 17.5. The van der Waals surface area contributed by atoms with E-state index in [9.17, 15) is 5.11 Å². The van der Waals surface area contributed by atoms with Gasteiger partial charge >= 0.3 is 0 Å². The minimum Gasteiger partial charge on any atom is -0.507 e. The van der Waals surface area contributed by atoms with Crippen LogP contribution in [0.4, 0.5) is 0 Å². The normalized spacial score (nSPS) is 15.7. The Morgan fingerprint density at radius 2 is 1.84 bits per heavy atom. The third kappa shape index (κ3) is 4.72. The number of benzene rings is 2. The first-order chi connectivity index (χ1) is 12.3. The molecule has 0 heterocycles. The topological polar surface area (TPSA) is 32.6 Å². The monoisotopic (exact) mass is 335 g/mol. The molecule has 3 rings (SSSR count). The van der Waals surface area contributed by atoms with Crippen molar-refractivity contribution in [1.82, 2.24) is 0 Å². The Morgan fingerprint density at radius 1 is 1.08 bits per heavy atom. The first-order valence-electron chi connectivity index (χ1n) is 9.72. The highest BCUT2D eigenvalue weighted by molar-refractivity contribution is 5.89. The average molecular weight is 335 g/mol. The minimum absolute atomic E-state index is 0.353. The van der Waals surface area contributed by atoms with Crippen LogP contribution in [0.3, 0.4) is 0 Å². The van der Waals surface area contributed by atoms with Crippen LogP contribution in [0.15, 0.2) is 47.5 Å². The van der Waals surface area contributed by atoms with E-state index < -0.39 is 0 Å². The third-order valence-electron chi connectivity index (χ3n) is 5.10. The molecule has 1 fully saturated rings. The maximum absolute atomic E-state index is 10.8. The molecule has 0 radical (unpaired) electrons. The second-order valence-corrected chi connectivity index (χ2v) is 7.12. The fraction of sp³-hybridized carbons (Fsp3) is 0.435. The molecule has 0 saturated heterocycles. The number of phenols is 1. The zero-order valence-corrected chi connectivity index (χ0v) is 15.2. The molecule has 2 aromatic carbocycles. The fourth-order valence-corrected chi connectivity index (χ4v) is 3.60. The molecule has 1 aliphatic rings. The number of nitrogens with zero attached hydrogens (tertiary/aromatic N) is 1. The van der Waals surface area contributed by atoms with Gasteiger partial charge in [0.05, 0.1) is 0 Å². The number of hydrogen-bond donors (Lipinski definition) is 1. The maximum atomic E-state index is 10.8. The molecule has 0 atom stereocenters. The highest BCUT2D eigenvalue weighted by atomic mass is 16.3. The van der Waals surface area contributed by atoms with Crippen molar-refractivity contribution in [2.24, 2.45) is 4.99 Å². The van der Waals surface area contributed by atoms with E-state index in [4.69, 9.17) is 4.99 Å². The highest BCUT2D eigenvalue weighted by Crippen LogP contribution is 2.33. The first kappa shape index (κ1) is 17.7. The van der Waals surface area contributed by atoms with Gasteiger partial charge in [0, 0.05) is 23.4 Å². The van der Waals surface area contributed by atoms with Crippen molar-refractivity contribution in [2.45, 2.75) is 64.3 Å². The van der Waals surface area contributed by atoms with Crippen molar-refractivity contribution >= 4 is 6.21 Å². The van der Waals surface area contributed by atoms with E-state index in [2.05, 4.69) is 31.2 Å². The van der Waals surface area contributed by atoms with Crippen LogP contribution in [-0.2, 0) is 6.42 Å². The van der Waals surface area contributed by atoms with Crippen molar-refractivity contribution in [3.63, 3.8) is 0 Å². The van der Waals surface area contributed by atoms with Crippen LogP contribution < -0.4 is 0 Å². The van der Waals surface area contributed by atoms with Crippen LogP contribution in [0.2, 0.25) is 0 Å². The minimum atomic E-state index is 0.353. The van der Waals surface area contributed by atoms with Crippen molar-refractivity contribution in [2.75, 3.05) is 0 Å². The third-order valence-corrected chi connectivity index (χ3v) is 5.10. The highest BCUT2D eigenvalue weighted by Gasteiger charge is 2.13. The molecule has 2 nitrogen and oxygen atoms in total. The zero-order valence-electron chi connectivity index (χ0n) is 15.2. The standard InChI is InChI=1S/C23H29NO/c1-2-3-10-18-15-20(17-24-21-13-8-5-9-14-21)23(25)22(16-18)19-11-6-4-7-12-19/h4,6-7,11-12,15-17,21,25H,2-3,5,8-10,13-14H2,1H3. The molecule has 2 aromatic rings. The van der Waals surface area contributed by atoms with Gasteiger partial charge in [0.25, 0.3) is 0 Å². The summed E-state index contributed by atoms with van der Waals surface area (Å²) in [6, 6.07) is 14.8. The second-order valence-electron chi connectivity index (χ2n) is 7.12. The molecule has 2 heteroatoms. The van der Waals surface area contributed by atoms with Gasteiger partial charge in [0.15, 0.2) is 0 Å². The molecule has 0 unspecified atom stereocenters. The van der Waals surface area contributed by atoms with Crippen molar-refractivity contribution < 1.29 is 5.11 Å². The predicted octanol–water partition coefficient (Wildman–Crippen LogP) is 6.15. The van der Waals surface area contributed by atoms with Gasteiger partial charge in [-0.3, -0.25) is 4.99 Å². The molecule has 0 aliphatic heterocycles. The molecule has 0 aromatic heterocycles. The van der Waals surface area contributed by atoms with Gasteiger partial charge in [-0.2, -0.15) is 0 Å². The number of unbranched alkanes of at least 4 members (excludes halogenated alkanes) is 1. The Bertz CT molecular complexity index is 700. The molecule has 1 aliphatic carbocycles. The molecule has 132 valence electrons. The lowest BCUT2D eigenvalue weighted by Crippen LogP contribution is -2.09. The lowest BCUT2D eigenvalue weighted by Gasteiger charge is -2.17. The summed E-state index contributed by atoms with van der Waals surface area (Å²) in [4.78, 5) is 4.79. The smallest absolute Gasteiger partial charge is 0.132 e. The lowest BCUT2D eigenvalue weighted by atomic mass is 9.95. The summed E-state index contributed by atoms with van der Waals surface area (Å²) in [6.07, 6.45) is 11.5. The Balaban J connectivity index is 1.93. The first-order valence-corrected chi connectivity index (χ1v) is 9.72. The average Bonchev–Trinajstić information content (AvgIpc) is 2.67. The van der Waals surface area contributed by atoms with Crippen molar-refractivity contribution in [3.05, 3.63) is 53.6 Å². The summed E-state index contributed by atoms with van der Waals surface area (Å²) in [5, 5.41) is 10.8. The number of phenolic OH excluding ortho intramolecular Hbond substituents is 1. The van der Waals surface area contributed by atoms with Gasteiger partial charge in [0.1, 0.15) is 5.75 Å². The van der Waals surface area contributed by atoms with Crippen molar-refractivity contribution in [3.8, 4) is 16.9 Å². The number of hydrogen-bond acceptors (Lipinski definition) is 2. The Hall–Kier alpha value is -2.09. The van der Waals surface area contributed by atoms with E-state index in [0.29, 0.717) is 11.8 Å². The largest absolute Gasteiger partial charge is 0.507 e. The Labute approximate surface area is 151 Å². The van der Waals surface area contributed by atoms with E-state index in [1.54, 1.807) is 0 Å². The van der Waals surface area contributed by atoms with E-state index in [1.165, 1.54) is 44.1 Å². The Kier molecular flexibility index (Phi) is 6.27. The molecular weight excluding hydrogens is 306 g/mol. The quantitative estimate of drug-likeness (QED) is 0.631. The van der Waals surface area contributed by atoms with Gasteiger partial charge in [0.2, 0.25) is 0 Å². The summed E-state index contributed by atoms with van der Waals surface area (Å²) in [7, 11) is 0. The number of rotatable bonds is 6. The SMILES string of the molecule is CCCCc1cc(C=NC2CCCCC2)c(O)c(-c2ccccc2)c1. The van der Waals surface area contributed by atoms with Gasteiger partial charge < -0.3 is 5.11 Å². The van der Waals surface area contributed by atoms with Crippen LogP contribution in [0.5, 0.6) is 5.75 Å². The summed E-state index contributed by atoms with van der Waals surface area (Å²) in [5.74, 6) is 0.353. The van der Waals surface area contributed by atoms with Crippen LogP contribution in [0.25, 0.3) is 11.1 Å². The molecule has 0 spiro atoms. The molecule has 1 saturated carbocycles. The lowest BCUT2D eigenvalue weighted by molar-refractivity contribution is 0.444. The summed E-state index contributed by atoms with van der Waals surface area (Å²) < 4.78 is 0. The maximum Gasteiger partial charge on any atom is 0.132 e. The molecule has 25 heavy (non-hydrogen) atoms. The van der Waals surface area contributed by atoms with Gasteiger partial charge in [-0.05, 0) is 48.9 Å². The number of aromatic hydroxyl groups is 1. The Morgan fingerprint density at radius 3 is 2.56 bits per heavy atom. The van der Waals surface area contributed by atoms with Crippen LogP contribution >= 0.6 is 0 Å². The molecular formula is C23H29NO. The van der Waals surface area contributed by atoms with Crippen LogP contribution in [-0.4, -0.2) is 17.4 Å². The molecule has 0 bridgehead atoms. The van der Waals surface area contributed by atoms with E-state index in [-0.39, 0.29) is 0 Å². The predicted molar refractivity (Wildman–Crippen MR) is 107 cm³/mol. The van der Waals surface area contributed by atoms with Crippen molar-refractivity contribution in [1.29, 1.82) is 0 Å². The van der Waals surface area contributed by atoms with Gasteiger partial charge in [-0.1, -0.05) is 62.9 Å². The fourth-order valence-electron chi connectivity index (χ4n) is 3.60. The summed E-state index contributed by atoms with van der Waals surface area (Å²) in [5.41, 5.74) is 4.12. The second kappa shape index (κ2) is 8.84. The molecule has 1 N–H and O–H groups in total. The van der Waals surface area contributed by atoms with Gasteiger partial charge in [-0.15, -0.1) is 0 Å². The number of aliphatic imine (C=N–C) groups is 1. The summed E-state index contributed by atoms with van der Waals surface area (Å²) >= 11 is 0. The van der Waals surface area contributed by atoms with Gasteiger partial charge in [-0.25, -0.2) is 0 Å². The van der Waals surface area contributed by atoms with Crippen LogP contribution in [0.1, 0.15) is 63.0 Å². The number of aryl methyl sites for hydroxylation is 1. The van der Waals surface area contributed by atoms with E-state index in [0.717, 1.165) is 29.5 Å². The van der Waals surface area contributed by atoms with E-state index in [1.807, 2.05) is 24.4 Å². The summed E-state index contributed by atoms with van der Waals surface area (Å²) in [6.45, 7) is 2.21.